The number of pyridine rings is 1. The van der Waals surface area contributed by atoms with Crippen molar-refractivity contribution in [2.24, 2.45) is 0 Å². The highest BCUT2D eigenvalue weighted by Crippen LogP contribution is 2.22. The van der Waals surface area contributed by atoms with E-state index < -0.39 is 0 Å². The summed E-state index contributed by atoms with van der Waals surface area (Å²) in [7, 11) is 0. The van der Waals surface area contributed by atoms with Crippen LogP contribution in [0.1, 0.15) is 22.1 Å². The monoisotopic (exact) mass is 358 g/mol. The molecule has 3 aromatic rings. The number of aromatic amines is 1. The molecule has 0 fully saturated rings. The molecule has 1 aromatic carbocycles. The third kappa shape index (κ3) is 4.46. The second-order valence-electron chi connectivity index (χ2n) is 5.55. The highest BCUT2D eigenvalue weighted by Gasteiger charge is 2.13. The number of hydrogen-bond acceptors (Lipinski definition) is 6. The predicted octanol–water partition coefficient (Wildman–Crippen LogP) is 2.28. The van der Waals surface area contributed by atoms with Gasteiger partial charge in [0.2, 0.25) is 5.88 Å². The van der Waals surface area contributed by atoms with E-state index in [2.05, 4.69) is 9.97 Å². The van der Waals surface area contributed by atoms with Gasteiger partial charge >= 0.3 is 4.87 Å². The molecule has 3 rings (SSSR count). The van der Waals surface area contributed by atoms with Crippen molar-refractivity contribution in [3.63, 3.8) is 0 Å². The molecule has 1 unspecified atom stereocenters. The highest BCUT2D eigenvalue weighted by molar-refractivity contribution is 7.09. The lowest BCUT2D eigenvalue weighted by Gasteiger charge is -2.15. The molecular formula is C18H18N2O4S. The number of aliphatic hydroxyl groups is 1. The minimum Gasteiger partial charge on any atom is -0.494 e. The molecule has 0 amide bonds. The van der Waals surface area contributed by atoms with Gasteiger partial charge in [-0.25, -0.2) is 0 Å². The summed E-state index contributed by atoms with van der Waals surface area (Å²) in [6, 6.07) is 13.0. The van der Waals surface area contributed by atoms with Gasteiger partial charge in [-0.05, 0) is 29.8 Å². The van der Waals surface area contributed by atoms with Gasteiger partial charge in [-0.3, -0.25) is 14.8 Å². The molecule has 0 aliphatic carbocycles. The number of hydrogen-bond donors (Lipinski definition) is 3. The van der Waals surface area contributed by atoms with Crippen molar-refractivity contribution in [2.45, 2.75) is 12.3 Å². The van der Waals surface area contributed by atoms with E-state index in [9.17, 15) is 15.0 Å². The van der Waals surface area contributed by atoms with E-state index >= 15 is 0 Å². The lowest BCUT2D eigenvalue weighted by molar-refractivity contribution is 0.203. The number of thiazole rings is 1. The van der Waals surface area contributed by atoms with Crippen molar-refractivity contribution >= 4 is 11.3 Å². The Morgan fingerprint density at radius 1 is 1.20 bits per heavy atom. The van der Waals surface area contributed by atoms with Crippen molar-refractivity contribution in [3.05, 3.63) is 74.5 Å². The molecule has 1 atom stereocenters. The molecule has 0 saturated carbocycles. The molecule has 0 spiro atoms. The Morgan fingerprint density at radius 3 is 2.60 bits per heavy atom. The van der Waals surface area contributed by atoms with Crippen LogP contribution < -0.4 is 9.61 Å². The molecule has 130 valence electrons. The molecule has 0 saturated heterocycles. The van der Waals surface area contributed by atoms with Crippen LogP contribution in [0.4, 0.5) is 0 Å². The van der Waals surface area contributed by atoms with E-state index in [1.165, 1.54) is 0 Å². The summed E-state index contributed by atoms with van der Waals surface area (Å²) in [6.07, 6.45) is 2.17. The largest absolute Gasteiger partial charge is 0.494 e. The Kier molecular flexibility index (Phi) is 5.47. The van der Waals surface area contributed by atoms with Crippen molar-refractivity contribution in [1.82, 2.24) is 9.97 Å². The first-order valence-corrected chi connectivity index (χ1v) is 8.62. The summed E-state index contributed by atoms with van der Waals surface area (Å²) in [6.45, 7) is 0.286. The maximum atomic E-state index is 11.2. The third-order valence-corrected chi connectivity index (χ3v) is 4.64. The summed E-state index contributed by atoms with van der Waals surface area (Å²) in [5.41, 5.74) is 1.75. The lowest BCUT2D eigenvalue weighted by atomic mass is 10.1. The zero-order valence-corrected chi connectivity index (χ0v) is 14.2. The van der Waals surface area contributed by atoms with Crippen molar-refractivity contribution in [2.75, 3.05) is 13.2 Å². The number of nitrogens with one attached hydrogen (secondary N) is 1. The number of benzene rings is 1. The Balaban J connectivity index is 1.60. The van der Waals surface area contributed by atoms with Gasteiger partial charge in [0.05, 0.1) is 24.0 Å². The number of H-pyrrole nitrogens is 1. The van der Waals surface area contributed by atoms with Crippen LogP contribution in [0, 0.1) is 0 Å². The van der Waals surface area contributed by atoms with E-state index in [1.54, 1.807) is 6.20 Å². The fourth-order valence-electron chi connectivity index (χ4n) is 2.41. The summed E-state index contributed by atoms with van der Waals surface area (Å²) < 4.78 is 5.74. The fraction of sp³-hybridized carbons (Fsp3) is 0.222. The second kappa shape index (κ2) is 7.96. The molecule has 0 radical (unpaired) electrons. The standard InChI is InChI=1S/C18H18N2O4S/c21-10-13(15-3-1-2-8-19-15)11-24-14-6-4-12(5-7-14)9-16-17(22)20-18(23)25-16/h1-8,13,21-22H,9-11H2,(H,20,23). The van der Waals surface area contributed by atoms with Crippen molar-refractivity contribution < 1.29 is 14.9 Å². The van der Waals surface area contributed by atoms with E-state index in [1.807, 2.05) is 42.5 Å². The summed E-state index contributed by atoms with van der Waals surface area (Å²) in [5, 5.41) is 19.2. The fourth-order valence-corrected chi connectivity index (χ4v) is 3.16. The normalized spacial score (nSPS) is 12.0. The first-order valence-electron chi connectivity index (χ1n) is 7.80. The van der Waals surface area contributed by atoms with Gasteiger partial charge in [-0.1, -0.05) is 29.5 Å². The topological polar surface area (TPSA) is 95.4 Å². The van der Waals surface area contributed by atoms with Gasteiger partial charge < -0.3 is 14.9 Å². The maximum Gasteiger partial charge on any atom is 0.307 e. The van der Waals surface area contributed by atoms with Crippen LogP contribution in [-0.4, -0.2) is 33.4 Å². The highest BCUT2D eigenvalue weighted by atomic mass is 32.1. The van der Waals surface area contributed by atoms with Crippen LogP contribution in [0.3, 0.4) is 0 Å². The maximum absolute atomic E-state index is 11.2. The van der Waals surface area contributed by atoms with Gasteiger partial charge in [-0.15, -0.1) is 0 Å². The van der Waals surface area contributed by atoms with Gasteiger partial charge in [0.1, 0.15) is 5.75 Å². The molecule has 3 N–H and O–H groups in total. The first-order chi connectivity index (χ1) is 12.2. The van der Waals surface area contributed by atoms with Crippen LogP contribution in [0.5, 0.6) is 11.6 Å². The number of aliphatic hydroxyl groups excluding tert-OH is 1. The minimum atomic E-state index is -0.267. The Labute approximate surface area is 148 Å². The lowest BCUT2D eigenvalue weighted by Crippen LogP contribution is -2.15. The van der Waals surface area contributed by atoms with Crippen LogP contribution >= 0.6 is 11.3 Å². The SMILES string of the molecule is O=c1[nH]c(O)c(Cc2ccc(OCC(CO)c3ccccn3)cc2)s1. The van der Waals surface area contributed by atoms with Crippen LogP contribution in [0.2, 0.25) is 0 Å². The Morgan fingerprint density at radius 2 is 2.00 bits per heavy atom. The summed E-state index contributed by atoms with van der Waals surface area (Å²) >= 11 is 1.00. The molecule has 25 heavy (non-hydrogen) atoms. The average Bonchev–Trinajstić information content (AvgIpc) is 2.95. The number of aromatic hydroxyl groups is 1. The molecule has 2 heterocycles. The number of nitrogens with zero attached hydrogens (tertiary/aromatic N) is 1. The van der Waals surface area contributed by atoms with Gasteiger partial charge in [-0.2, -0.15) is 0 Å². The zero-order chi connectivity index (χ0) is 17.6. The van der Waals surface area contributed by atoms with Crippen LogP contribution in [0.15, 0.2) is 53.5 Å². The molecule has 0 aliphatic rings. The van der Waals surface area contributed by atoms with E-state index in [0.29, 0.717) is 23.7 Å². The summed E-state index contributed by atoms with van der Waals surface area (Å²) in [5.74, 6) is 0.427. The molecule has 0 bridgehead atoms. The predicted molar refractivity (Wildman–Crippen MR) is 95.4 cm³/mol. The average molecular weight is 358 g/mol. The quantitative estimate of drug-likeness (QED) is 0.602. The van der Waals surface area contributed by atoms with Crippen molar-refractivity contribution in [1.29, 1.82) is 0 Å². The number of ether oxygens (including phenoxy) is 1. The minimum absolute atomic E-state index is 0.0409. The molecule has 2 aromatic heterocycles. The van der Waals surface area contributed by atoms with E-state index in [0.717, 1.165) is 22.6 Å². The van der Waals surface area contributed by atoms with Gasteiger partial charge in [0.15, 0.2) is 0 Å². The Bertz CT molecular complexity index is 859. The van der Waals surface area contributed by atoms with Crippen LogP contribution in [-0.2, 0) is 6.42 Å². The number of rotatable bonds is 7. The Hall–Kier alpha value is -2.64. The van der Waals surface area contributed by atoms with Gasteiger partial charge in [0, 0.05) is 18.3 Å². The van der Waals surface area contributed by atoms with E-state index in [-0.39, 0.29) is 23.3 Å². The smallest absolute Gasteiger partial charge is 0.307 e. The summed E-state index contributed by atoms with van der Waals surface area (Å²) in [4.78, 5) is 18.1. The molecule has 7 heteroatoms. The molecule has 0 aliphatic heterocycles. The second-order valence-corrected chi connectivity index (χ2v) is 6.62. The number of aromatic nitrogens is 2. The van der Waals surface area contributed by atoms with E-state index in [4.69, 9.17) is 4.74 Å². The first kappa shape index (κ1) is 17.2. The zero-order valence-electron chi connectivity index (χ0n) is 13.4. The van der Waals surface area contributed by atoms with Gasteiger partial charge in [0.25, 0.3) is 0 Å². The third-order valence-electron chi connectivity index (χ3n) is 3.77. The van der Waals surface area contributed by atoms with Crippen LogP contribution in [0.25, 0.3) is 0 Å². The molecule has 6 nitrogen and oxygen atoms in total. The van der Waals surface area contributed by atoms with Crippen molar-refractivity contribution in [3.8, 4) is 11.6 Å². The molecular weight excluding hydrogens is 340 g/mol.